The number of nitrogen functional groups attached to an aromatic ring is 1. The minimum Gasteiger partial charge on any atom is -0.478 e. The first-order valence-corrected chi connectivity index (χ1v) is 4.21. The fourth-order valence-electron chi connectivity index (χ4n) is 1.22. The summed E-state index contributed by atoms with van der Waals surface area (Å²) in [4.78, 5) is 14.6. The van der Waals surface area contributed by atoms with Crippen molar-refractivity contribution >= 4 is 11.8 Å². The zero-order chi connectivity index (χ0) is 10.8. The van der Waals surface area contributed by atoms with Gasteiger partial charge in [0.2, 0.25) is 0 Å². The molecule has 76 valence electrons. The Bertz CT molecular complexity index is 491. The Morgan fingerprint density at radius 3 is 2.93 bits per heavy atom. The SMILES string of the molecule is Nc1ncc(-c2ccco2)cc1C(=O)O. The highest BCUT2D eigenvalue weighted by Gasteiger charge is 2.11. The predicted octanol–water partition coefficient (Wildman–Crippen LogP) is 1.62. The zero-order valence-electron chi connectivity index (χ0n) is 7.68. The van der Waals surface area contributed by atoms with Crippen LogP contribution in [-0.2, 0) is 0 Å². The zero-order valence-corrected chi connectivity index (χ0v) is 7.68. The van der Waals surface area contributed by atoms with Crippen LogP contribution in [0.25, 0.3) is 11.3 Å². The van der Waals surface area contributed by atoms with Gasteiger partial charge in [-0.05, 0) is 18.2 Å². The van der Waals surface area contributed by atoms with Crippen molar-refractivity contribution in [3.63, 3.8) is 0 Å². The van der Waals surface area contributed by atoms with Crippen LogP contribution in [0.5, 0.6) is 0 Å². The Morgan fingerprint density at radius 2 is 2.33 bits per heavy atom. The maximum atomic E-state index is 10.8. The molecule has 0 radical (unpaired) electrons. The van der Waals surface area contributed by atoms with Gasteiger partial charge in [0.25, 0.3) is 0 Å². The lowest BCUT2D eigenvalue weighted by Gasteiger charge is -2.01. The van der Waals surface area contributed by atoms with Crippen molar-refractivity contribution in [2.45, 2.75) is 0 Å². The Hall–Kier alpha value is -2.30. The second kappa shape index (κ2) is 3.45. The number of hydrogen-bond acceptors (Lipinski definition) is 4. The van der Waals surface area contributed by atoms with E-state index in [4.69, 9.17) is 15.3 Å². The lowest BCUT2D eigenvalue weighted by atomic mass is 10.1. The number of carbonyl (C=O) groups is 1. The summed E-state index contributed by atoms with van der Waals surface area (Å²) in [5, 5.41) is 8.84. The van der Waals surface area contributed by atoms with E-state index in [0.717, 1.165) is 0 Å². The number of nitrogens with zero attached hydrogens (tertiary/aromatic N) is 1. The first kappa shape index (κ1) is 9.26. The summed E-state index contributed by atoms with van der Waals surface area (Å²) >= 11 is 0. The monoisotopic (exact) mass is 204 g/mol. The number of furan rings is 1. The van der Waals surface area contributed by atoms with Crippen molar-refractivity contribution < 1.29 is 14.3 Å². The number of pyridine rings is 1. The van der Waals surface area contributed by atoms with Gasteiger partial charge in [-0.1, -0.05) is 0 Å². The highest BCUT2D eigenvalue weighted by atomic mass is 16.4. The van der Waals surface area contributed by atoms with Crippen molar-refractivity contribution in [1.82, 2.24) is 4.98 Å². The molecule has 0 unspecified atom stereocenters. The molecule has 0 saturated heterocycles. The average molecular weight is 204 g/mol. The molecule has 2 rings (SSSR count). The van der Waals surface area contributed by atoms with Crippen LogP contribution < -0.4 is 5.73 Å². The molecule has 0 amide bonds. The van der Waals surface area contributed by atoms with Crippen molar-refractivity contribution in [1.29, 1.82) is 0 Å². The van der Waals surface area contributed by atoms with Crippen molar-refractivity contribution in [2.75, 3.05) is 5.73 Å². The Balaban J connectivity index is 2.52. The summed E-state index contributed by atoms with van der Waals surface area (Å²) in [7, 11) is 0. The van der Waals surface area contributed by atoms with Gasteiger partial charge in [0.05, 0.1) is 6.26 Å². The van der Waals surface area contributed by atoms with Gasteiger partial charge in [-0.15, -0.1) is 0 Å². The third-order valence-corrected chi connectivity index (χ3v) is 1.95. The quantitative estimate of drug-likeness (QED) is 0.775. The van der Waals surface area contributed by atoms with E-state index in [1.165, 1.54) is 18.5 Å². The molecule has 3 N–H and O–H groups in total. The molecule has 0 saturated carbocycles. The number of carboxylic acids is 1. The van der Waals surface area contributed by atoms with Gasteiger partial charge in [-0.2, -0.15) is 0 Å². The van der Waals surface area contributed by atoms with E-state index in [-0.39, 0.29) is 11.4 Å². The van der Waals surface area contributed by atoms with E-state index in [1.54, 1.807) is 12.1 Å². The van der Waals surface area contributed by atoms with Crippen LogP contribution in [0.3, 0.4) is 0 Å². The maximum absolute atomic E-state index is 10.8. The molecule has 2 aromatic heterocycles. The Labute approximate surface area is 85.2 Å². The summed E-state index contributed by atoms with van der Waals surface area (Å²) in [6, 6.07) is 4.87. The van der Waals surface area contributed by atoms with Crippen LogP contribution in [0, 0.1) is 0 Å². The second-order valence-corrected chi connectivity index (χ2v) is 2.94. The van der Waals surface area contributed by atoms with Gasteiger partial charge in [0, 0.05) is 11.8 Å². The molecule has 5 nitrogen and oxygen atoms in total. The lowest BCUT2D eigenvalue weighted by molar-refractivity contribution is 0.0698. The molecule has 0 aromatic carbocycles. The first-order chi connectivity index (χ1) is 7.18. The highest BCUT2D eigenvalue weighted by Crippen LogP contribution is 2.22. The van der Waals surface area contributed by atoms with Gasteiger partial charge in [0.1, 0.15) is 17.1 Å². The number of nitrogens with two attached hydrogens (primary N) is 1. The lowest BCUT2D eigenvalue weighted by Crippen LogP contribution is -2.04. The van der Waals surface area contributed by atoms with Crippen LogP contribution in [0.2, 0.25) is 0 Å². The maximum Gasteiger partial charge on any atom is 0.339 e. The van der Waals surface area contributed by atoms with Crippen LogP contribution >= 0.6 is 0 Å². The molecule has 0 aliphatic heterocycles. The second-order valence-electron chi connectivity index (χ2n) is 2.94. The van der Waals surface area contributed by atoms with Crippen LogP contribution in [0.4, 0.5) is 5.82 Å². The minimum atomic E-state index is -1.10. The Kier molecular flexibility index (Phi) is 2.13. The summed E-state index contributed by atoms with van der Waals surface area (Å²) < 4.78 is 5.12. The fourth-order valence-corrected chi connectivity index (χ4v) is 1.22. The van der Waals surface area contributed by atoms with Crippen molar-refractivity contribution in [3.05, 3.63) is 36.2 Å². The van der Waals surface area contributed by atoms with E-state index in [2.05, 4.69) is 4.98 Å². The summed E-state index contributed by atoms with van der Waals surface area (Å²) in [6.45, 7) is 0. The number of hydrogen-bond donors (Lipinski definition) is 2. The molecule has 2 aromatic rings. The third kappa shape index (κ3) is 1.67. The molecule has 0 aliphatic rings. The summed E-state index contributed by atoms with van der Waals surface area (Å²) in [6.07, 6.45) is 2.98. The topological polar surface area (TPSA) is 89.4 Å². The molecule has 5 heteroatoms. The number of carboxylic acid groups (broad SMARTS) is 1. The minimum absolute atomic E-state index is 0.00203. The molecule has 0 fully saturated rings. The summed E-state index contributed by atoms with van der Waals surface area (Å²) in [5.74, 6) is -0.545. The van der Waals surface area contributed by atoms with Gasteiger partial charge in [-0.3, -0.25) is 0 Å². The van der Waals surface area contributed by atoms with Crippen molar-refractivity contribution in [3.8, 4) is 11.3 Å². The highest BCUT2D eigenvalue weighted by molar-refractivity contribution is 5.93. The van der Waals surface area contributed by atoms with Gasteiger partial charge in [0.15, 0.2) is 0 Å². The summed E-state index contributed by atoms with van der Waals surface area (Å²) in [5.41, 5.74) is 5.99. The van der Waals surface area contributed by atoms with Gasteiger partial charge < -0.3 is 15.3 Å². The Morgan fingerprint density at radius 1 is 1.53 bits per heavy atom. The normalized spacial score (nSPS) is 10.1. The molecular weight excluding hydrogens is 196 g/mol. The van der Waals surface area contributed by atoms with E-state index >= 15 is 0 Å². The number of anilines is 1. The number of rotatable bonds is 2. The molecule has 0 aliphatic carbocycles. The fraction of sp³-hybridized carbons (Fsp3) is 0. The molecule has 2 heterocycles. The van der Waals surface area contributed by atoms with Gasteiger partial charge >= 0.3 is 5.97 Å². The number of aromatic carboxylic acids is 1. The third-order valence-electron chi connectivity index (χ3n) is 1.95. The van der Waals surface area contributed by atoms with Gasteiger partial charge in [-0.25, -0.2) is 9.78 Å². The first-order valence-electron chi connectivity index (χ1n) is 4.21. The molecule has 0 bridgehead atoms. The predicted molar refractivity (Wildman–Crippen MR) is 53.3 cm³/mol. The average Bonchev–Trinajstić information content (AvgIpc) is 2.71. The molecule has 15 heavy (non-hydrogen) atoms. The van der Waals surface area contributed by atoms with Crippen molar-refractivity contribution in [2.24, 2.45) is 0 Å². The molecule has 0 atom stereocenters. The standard InChI is InChI=1S/C10H8N2O3/c11-9-7(10(13)14)4-6(5-12-9)8-2-1-3-15-8/h1-5H,(H2,11,12)(H,13,14). The molecular formula is C10H8N2O3. The van der Waals surface area contributed by atoms with Crippen LogP contribution in [0.15, 0.2) is 35.1 Å². The largest absolute Gasteiger partial charge is 0.478 e. The van der Waals surface area contributed by atoms with E-state index in [1.807, 2.05) is 0 Å². The molecule has 0 spiro atoms. The van der Waals surface area contributed by atoms with Crippen LogP contribution in [0.1, 0.15) is 10.4 Å². The van der Waals surface area contributed by atoms with E-state index in [9.17, 15) is 4.79 Å². The van der Waals surface area contributed by atoms with E-state index in [0.29, 0.717) is 11.3 Å². The van der Waals surface area contributed by atoms with E-state index < -0.39 is 5.97 Å². The van der Waals surface area contributed by atoms with Crippen LogP contribution in [-0.4, -0.2) is 16.1 Å². The smallest absolute Gasteiger partial charge is 0.339 e. The number of aromatic nitrogens is 1.